The van der Waals surface area contributed by atoms with Gasteiger partial charge in [0, 0.05) is 26.2 Å². The van der Waals surface area contributed by atoms with E-state index in [1.54, 1.807) is 0 Å². The highest BCUT2D eigenvalue weighted by Crippen LogP contribution is 2.28. The number of aliphatic hydroxyl groups excluding tert-OH is 1. The van der Waals surface area contributed by atoms with Crippen molar-refractivity contribution in [3.63, 3.8) is 0 Å². The summed E-state index contributed by atoms with van der Waals surface area (Å²) in [6.45, 7) is 2.35. The molecule has 2 aromatic carbocycles. The first-order valence-corrected chi connectivity index (χ1v) is 11.8. The fourth-order valence-electron chi connectivity index (χ4n) is 3.47. The summed E-state index contributed by atoms with van der Waals surface area (Å²) in [6.07, 6.45) is 0.287. The van der Waals surface area contributed by atoms with E-state index < -0.39 is 52.9 Å². The van der Waals surface area contributed by atoms with Crippen LogP contribution < -0.4 is 16.4 Å². The molecule has 0 spiro atoms. The Morgan fingerprint density at radius 1 is 0.811 bits per heavy atom. The monoisotopic (exact) mass is 518 g/mol. The lowest BCUT2D eigenvalue weighted by Crippen LogP contribution is -2.50. The molecule has 0 aliphatic rings. The highest BCUT2D eigenvalue weighted by atomic mass is 16.3. The molecule has 2 atom stereocenters. The largest absolute Gasteiger partial charge is 0.504 e. The number of nitrogens with zero attached hydrogens (tertiary/aromatic N) is 1. The van der Waals surface area contributed by atoms with Gasteiger partial charge in [0.05, 0.1) is 17.2 Å². The van der Waals surface area contributed by atoms with Crippen molar-refractivity contribution in [3.05, 3.63) is 47.5 Å². The van der Waals surface area contributed by atoms with Crippen molar-refractivity contribution < 1.29 is 39.9 Å². The Hall–Kier alpha value is -4.03. The number of rotatable bonds is 13. The van der Waals surface area contributed by atoms with Crippen LogP contribution in [0.5, 0.6) is 23.0 Å². The molecule has 0 heterocycles. The zero-order valence-electron chi connectivity index (χ0n) is 20.6. The number of unbranched alkanes of at least 4 members (excludes halogenated alkanes) is 1. The van der Waals surface area contributed by atoms with Crippen molar-refractivity contribution in [2.24, 2.45) is 5.73 Å². The Morgan fingerprint density at radius 2 is 1.27 bits per heavy atom. The number of carbonyl (C=O) groups excluding carboxylic acids is 3. The maximum Gasteiger partial charge on any atom is 0.255 e. The second kappa shape index (κ2) is 13.9. The van der Waals surface area contributed by atoms with Crippen molar-refractivity contribution in [3.8, 4) is 23.0 Å². The first kappa shape index (κ1) is 29.2. The molecule has 3 amide bonds. The van der Waals surface area contributed by atoms with Gasteiger partial charge >= 0.3 is 0 Å². The van der Waals surface area contributed by atoms with Crippen molar-refractivity contribution in [1.82, 2.24) is 15.5 Å². The third-order valence-electron chi connectivity index (χ3n) is 5.67. The van der Waals surface area contributed by atoms with Gasteiger partial charge in [0.2, 0.25) is 5.91 Å². The second-order valence-corrected chi connectivity index (χ2v) is 8.51. The summed E-state index contributed by atoms with van der Waals surface area (Å²) < 4.78 is 0. The number of carbonyl (C=O) groups is 3. The number of phenolic OH excluding ortho intramolecular Hbond substituents is 4. The minimum absolute atomic E-state index is 0.0548. The van der Waals surface area contributed by atoms with E-state index in [4.69, 9.17) is 5.73 Å². The average Bonchev–Trinajstić information content (AvgIpc) is 2.87. The van der Waals surface area contributed by atoms with Crippen LogP contribution in [0.1, 0.15) is 46.9 Å². The van der Waals surface area contributed by atoms with Crippen LogP contribution >= 0.6 is 0 Å². The summed E-state index contributed by atoms with van der Waals surface area (Å²) in [5.74, 6) is -3.42. The minimum Gasteiger partial charge on any atom is -0.504 e. The molecule has 0 aliphatic carbocycles. The van der Waals surface area contributed by atoms with Gasteiger partial charge in [-0.3, -0.25) is 14.4 Å². The van der Waals surface area contributed by atoms with E-state index in [1.165, 1.54) is 48.2 Å². The fourth-order valence-corrected chi connectivity index (χ4v) is 3.47. The molecule has 0 aliphatic heterocycles. The van der Waals surface area contributed by atoms with Crippen LogP contribution in [-0.4, -0.2) is 86.5 Å². The van der Waals surface area contributed by atoms with E-state index in [-0.39, 0.29) is 37.3 Å². The van der Waals surface area contributed by atoms with Gasteiger partial charge in [0.1, 0.15) is 6.04 Å². The molecule has 2 aromatic rings. The number of aliphatic hydroxyl groups is 1. The van der Waals surface area contributed by atoms with Crippen molar-refractivity contribution in [2.45, 2.75) is 38.3 Å². The highest BCUT2D eigenvalue weighted by Gasteiger charge is 2.24. The van der Waals surface area contributed by atoms with Crippen LogP contribution in [0.3, 0.4) is 0 Å². The molecular formula is C25H34N4O8. The predicted molar refractivity (Wildman–Crippen MR) is 134 cm³/mol. The smallest absolute Gasteiger partial charge is 0.255 e. The first-order chi connectivity index (χ1) is 17.5. The molecule has 12 nitrogen and oxygen atoms in total. The average molecular weight is 519 g/mol. The summed E-state index contributed by atoms with van der Waals surface area (Å²) in [4.78, 5) is 38.6. The van der Waals surface area contributed by atoms with Gasteiger partial charge in [-0.25, -0.2) is 0 Å². The molecule has 0 radical (unpaired) electrons. The molecular weight excluding hydrogens is 484 g/mol. The van der Waals surface area contributed by atoms with Crippen molar-refractivity contribution in [2.75, 3.05) is 26.2 Å². The molecule has 0 aromatic heterocycles. The maximum absolute atomic E-state index is 12.7. The molecule has 202 valence electrons. The van der Waals surface area contributed by atoms with Gasteiger partial charge in [-0.1, -0.05) is 12.1 Å². The van der Waals surface area contributed by atoms with E-state index >= 15 is 0 Å². The second-order valence-electron chi connectivity index (χ2n) is 8.51. The molecule has 9 N–H and O–H groups in total. The Morgan fingerprint density at radius 3 is 1.76 bits per heavy atom. The lowest BCUT2D eigenvalue weighted by molar-refractivity contribution is -0.135. The standard InChI is InChI=1S/C25H34N4O8/c1-15(30)20(26)25(37)29(14-6-12-28-24(36)17-8-5-10-19(32)22(17)34)13-3-2-11-27-23(35)16-7-4-9-18(31)21(16)33/h4-5,7-10,15,20,30-34H,2-3,6,11-14,26H2,1H3,(H,27,35)(H,28,36)/t15-,20+/m1/s1. The molecule has 37 heavy (non-hydrogen) atoms. The topological polar surface area (TPSA) is 206 Å². The SMILES string of the molecule is C[C@@H](O)[C@H](N)C(=O)N(CCCCNC(=O)c1cccc(O)c1O)CCCNC(=O)c1cccc(O)c1O. The Labute approximate surface area is 214 Å². The summed E-state index contributed by atoms with van der Waals surface area (Å²) >= 11 is 0. The zero-order chi connectivity index (χ0) is 27.5. The van der Waals surface area contributed by atoms with Crippen LogP contribution in [0.15, 0.2) is 36.4 Å². The maximum atomic E-state index is 12.7. The fraction of sp³-hybridized carbons (Fsp3) is 0.400. The number of benzene rings is 2. The summed E-state index contributed by atoms with van der Waals surface area (Å²) in [7, 11) is 0. The predicted octanol–water partition coefficient (Wildman–Crippen LogP) is 0.376. The number of hydrogen-bond acceptors (Lipinski definition) is 9. The van der Waals surface area contributed by atoms with Gasteiger partial charge in [-0.2, -0.15) is 0 Å². The molecule has 0 unspecified atom stereocenters. The van der Waals surface area contributed by atoms with Gasteiger partial charge in [-0.05, 0) is 50.5 Å². The number of aromatic hydroxyl groups is 4. The molecule has 2 rings (SSSR count). The normalized spacial score (nSPS) is 12.4. The van der Waals surface area contributed by atoms with Crippen molar-refractivity contribution >= 4 is 17.7 Å². The van der Waals surface area contributed by atoms with E-state index in [1.807, 2.05) is 0 Å². The number of amides is 3. The summed E-state index contributed by atoms with van der Waals surface area (Å²) in [6, 6.07) is 7.00. The molecule has 0 bridgehead atoms. The Kier molecular flexibility index (Phi) is 11.0. The lowest BCUT2D eigenvalue weighted by Gasteiger charge is -2.27. The third kappa shape index (κ3) is 8.26. The van der Waals surface area contributed by atoms with E-state index in [0.29, 0.717) is 19.3 Å². The molecule has 0 saturated heterocycles. The van der Waals surface area contributed by atoms with Crippen LogP contribution in [0, 0.1) is 0 Å². The quantitative estimate of drug-likeness (QED) is 0.136. The van der Waals surface area contributed by atoms with E-state index in [2.05, 4.69) is 10.6 Å². The van der Waals surface area contributed by atoms with Gasteiger partial charge in [0.25, 0.3) is 11.8 Å². The first-order valence-electron chi connectivity index (χ1n) is 11.8. The number of phenols is 4. The van der Waals surface area contributed by atoms with Crippen LogP contribution in [-0.2, 0) is 4.79 Å². The lowest BCUT2D eigenvalue weighted by atomic mass is 10.1. The molecule has 12 heteroatoms. The summed E-state index contributed by atoms with van der Waals surface area (Å²) in [5, 5.41) is 53.6. The number of nitrogens with one attached hydrogen (secondary N) is 2. The third-order valence-corrected chi connectivity index (χ3v) is 5.67. The summed E-state index contributed by atoms with van der Waals surface area (Å²) in [5.41, 5.74) is 5.68. The Balaban J connectivity index is 1.84. The van der Waals surface area contributed by atoms with Gasteiger partial charge < -0.3 is 46.8 Å². The minimum atomic E-state index is -1.12. The molecule has 0 saturated carbocycles. The Bertz CT molecular complexity index is 1090. The van der Waals surface area contributed by atoms with Crippen LogP contribution in [0.2, 0.25) is 0 Å². The van der Waals surface area contributed by atoms with E-state index in [9.17, 15) is 39.9 Å². The van der Waals surface area contributed by atoms with Gasteiger partial charge in [0.15, 0.2) is 23.0 Å². The van der Waals surface area contributed by atoms with Crippen LogP contribution in [0.4, 0.5) is 0 Å². The number of hydrogen-bond donors (Lipinski definition) is 8. The number of para-hydroxylation sites is 2. The number of nitrogens with two attached hydrogens (primary N) is 1. The van der Waals surface area contributed by atoms with Crippen LogP contribution in [0.25, 0.3) is 0 Å². The van der Waals surface area contributed by atoms with Crippen molar-refractivity contribution in [1.29, 1.82) is 0 Å². The highest BCUT2D eigenvalue weighted by molar-refractivity contribution is 5.98. The molecule has 0 fully saturated rings. The van der Waals surface area contributed by atoms with E-state index in [0.717, 1.165) is 0 Å². The zero-order valence-corrected chi connectivity index (χ0v) is 20.6. The van der Waals surface area contributed by atoms with Gasteiger partial charge in [-0.15, -0.1) is 0 Å².